The number of benzene rings is 2. The van der Waals surface area contributed by atoms with Crippen LogP contribution in [0.4, 0.5) is 5.69 Å². The second kappa shape index (κ2) is 6.16. The van der Waals surface area contributed by atoms with E-state index >= 15 is 0 Å². The highest BCUT2D eigenvalue weighted by atomic mass is 16.5. The molecule has 0 saturated carbocycles. The highest BCUT2D eigenvalue weighted by molar-refractivity contribution is 6.00. The lowest BCUT2D eigenvalue weighted by Crippen LogP contribution is -2.47. The van der Waals surface area contributed by atoms with Gasteiger partial charge in [-0.05, 0) is 30.2 Å². The average molecular weight is 309 g/mol. The lowest BCUT2D eigenvalue weighted by atomic mass is 10.0. The van der Waals surface area contributed by atoms with Crippen LogP contribution in [0.2, 0.25) is 0 Å². The maximum atomic E-state index is 12.8. The number of hydrogen-bond donors (Lipinski definition) is 1. The number of ether oxygens (including phenoxy) is 1. The van der Waals surface area contributed by atoms with E-state index in [2.05, 4.69) is 6.58 Å². The van der Waals surface area contributed by atoms with Gasteiger partial charge in [-0.15, -0.1) is 6.58 Å². The summed E-state index contributed by atoms with van der Waals surface area (Å²) >= 11 is 0. The fourth-order valence-electron chi connectivity index (χ4n) is 2.80. The molecule has 4 nitrogen and oxygen atoms in total. The number of phenols is 1. The van der Waals surface area contributed by atoms with Crippen LogP contribution in [0.1, 0.15) is 11.1 Å². The Morgan fingerprint density at radius 1 is 1.30 bits per heavy atom. The van der Waals surface area contributed by atoms with Crippen molar-refractivity contribution in [1.29, 1.82) is 0 Å². The van der Waals surface area contributed by atoms with Crippen molar-refractivity contribution in [3.63, 3.8) is 0 Å². The van der Waals surface area contributed by atoms with Crippen LogP contribution >= 0.6 is 0 Å². The second-order valence-electron chi connectivity index (χ2n) is 5.63. The minimum Gasteiger partial charge on any atom is -0.508 e. The van der Waals surface area contributed by atoms with Crippen LogP contribution in [-0.2, 0) is 11.2 Å². The fraction of sp³-hybridized carbons (Fsp3) is 0.211. The number of carbonyl (C=O) groups is 1. The summed E-state index contributed by atoms with van der Waals surface area (Å²) in [5.74, 6) is 0.584. The zero-order valence-corrected chi connectivity index (χ0v) is 13.0. The van der Waals surface area contributed by atoms with E-state index in [1.165, 1.54) is 0 Å². The summed E-state index contributed by atoms with van der Waals surface area (Å²) < 4.78 is 5.90. The van der Waals surface area contributed by atoms with Gasteiger partial charge in [0, 0.05) is 19.0 Å². The minimum atomic E-state index is -0.576. The van der Waals surface area contributed by atoms with Crippen molar-refractivity contribution in [3.8, 4) is 11.5 Å². The molecule has 1 N–H and O–H groups in total. The fourth-order valence-corrected chi connectivity index (χ4v) is 2.80. The van der Waals surface area contributed by atoms with E-state index in [0.717, 1.165) is 11.1 Å². The Bertz CT molecular complexity index is 754. The highest BCUT2D eigenvalue weighted by Crippen LogP contribution is 2.37. The molecular weight excluding hydrogens is 290 g/mol. The van der Waals surface area contributed by atoms with E-state index in [0.29, 0.717) is 24.4 Å². The zero-order valence-electron chi connectivity index (χ0n) is 13.0. The second-order valence-corrected chi connectivity index (χ2v) is 5.63. The Balaban J connectivity index is 1.94. The number of aromatic hydroxyl groups is 1. The maximum absolute atomic E-state index is 12.8. The number of hydrogen-bond acceptors (Lipinski definition) is 3. The molecule has 1 atom stereocenters. The van der Waals surface area contributed by atoms with Crippen LogP contribution in [0.3, 0.4) is 0 Å². The standard InChI is InChI=1S/C19H19NO3/c1-3-10-20-16-12-15(21)8-9-17(16)23-18(19(20)22)11-14-7-5-4-6-13(14)2/h3-9,12,18,21H,1,10-11H2,2H3. The van der Waals surface area contributed by atoms with Gasteiger partial charge in [0.05, 0.1) is 5.69 Å². The summed E-state index contributed by atoms with van der Waals surface area (Å²) in [5, 5.41) is 9.68. The molecule has 3 rings (SSSR count). The molecule has 1 unspecified atom stereocenters. The van der Waals surface area contributed by atoms with E-state index in [1.807, 2.05) is 31.2 Å². The lowest BCUT2D eigenvalue weighted by molar-refractivity contribution is -0.126. The third kappa shape index (κ3) is 2.93. The molecule has 23 heavy (non-hydrogen) atoms. The Morgan fingerprint density at radius 2 is 2.09 bits per heavy atom. The van der Waals surface area contributed by atoms with Gasteiger partial charge in [0.25, 0.3) is 5.91 Å². The van der Waals surface area contributed by atoms with Gasteiger partial charge in [0.1, 0.15) is 11.5 Å². The van der Waals surface area contributed by atoms with Crippen LogP contribution in [0.15, 0.2) is 55.1 Å². The first-order valence-electron chi connectivity index (χ1n) is 7.56. The summed E-state index contributed by atoms with van der Waals surface area (Å²) in [7, 11) is 0. The number of phenolic OH excluding ortho intramolecular Hbond substituents is 1. The smallest absolute Gasteiger partial charge is 0.268 e. The van der Waals surface area contributed by atoms with Gasteiger partial charge in [-0.3, -0.25) is 4.79 Å². The quantitative estimate of drug-likeness (QED) is 0.882. The number of rotatable bonds is 4. The molecule has 1 aliphatic rings. The molecule has 118 valence electrons. The first kappa shape index (κ1) is 15.2. The number of fused-ring (bicyclic) bond motifs is 1. The van der Waals surface area contributed by atoms with Crippen molar-refractivity contribution < 1.29 is 14.6 Å². The van der Waals surface area contributed by atoms with Crippen molar-refractivity contribution in [2.45, 2.75) is 19.4 Å². The van der Waals surface area contributed by atoms with Crippen molar-refractivity contribution in [2.24, 2.45) is 0 Å². The van der Waals surface area contributed by atoms with E-state index < -0.39 is 6.10 Å². The van der Waals surface area contributed by atoms with Crippen LogP contribution in [-0.4, -0.2) is 23.7 Å². The zero-order chi connectivity index (χ0) is 16.4. The summed E-state index contributed by atoms with van der Waals surface area (Å²) in [6, 6.07) is 12.8. The monoisotopic (exact) mass is 309 g/mol. The predicted octanol–water partition coefficient (Wildman–Crippen LogP) is 3.22. The molecule has 2 aromatic carbocycles. The van der Waals surface area contributed by atoms with Gasteiger partial charge in [0.2, 0.25) is 0 Å². The van der Waals surface area contributed by atoms with E-state index in [4.69, 9.17) is 4.74 Å². The normalized spacial score (nSPS) is 16.7. The van der Waals surface area contributed by atoms with E-state index in [-0.39, 0.29) is 11.7 Å². The third-order valence-electron chi connectivity index (χ3n) is 4.02. The van der Waals surface area contributed by atoms with Gasteiger partial charge >= 0.3 is 0 Å². The molecule has 0 radical (unpaired) electrons. The van der Waals surface area contributed by atoms with Crippen molar-refractivity contribution in [1.82, 2.24) is 0 Å². The molecule has 0 fully saturated rings. The minimum absolute atomic E-state index is 0.103. The molecule has 0 bridgehead atoms. The Kier molecular flexibility index (Phi) is 4.06. The first-order valence-corrected chi connectivity index (χ1v) is 7.56. The average Bonchev–Trinajstić information content (AvgIpc) is 2.54. The van der Waals surface area contributed by atoms with Gasteiger partial charge in [-0.2, -0.15) is 0 Å². The predicted molar refractivity (Wildman–Crippen MR) is 90.0 cm³/mol. The summed E-state index contributed by atoms with van der Waals surface area (Å²) in [5.41, 5.74) is 2.80. The molecule has 0 saturated heterocycles. The molecule has 4 heteroatoms. The number of aryl methyl sites for hydroxylation is 1. The Morgan fingerprint density at radius 3 is 2.83 bits per heavy atom. The van der Waals surface area contributed by atoms with E-state index in [9.17, 15) is 9.90 Å². The summed E-state index contributed by atoms with van der Waals surface area (Å²) in [6.07, 6.45) is 1.61. The SMILES string of the molecule is C=CCN1C(=O)C(Cc2ccccc2C)Oc2ccc(O)cc21. The number of amides is 1. The Hall–Kier alpha value is -2.75. The molecule has 0 spiro atoms. The van der Waals surface area contributed by atoms with Crippen LogP contribution < -0.4 is 9.64 Å². The third-order valence-corrected chi connectivity index (χ3v) is 4.02. The summed E-state index contributed by atoms with van der Waals surface area (Å²) in [4.78, 5) is 14.4. The van der Waals surface area contributed by atoms with Gasteiger partial charge in [0.15, 0.2) is 6.10 Å². The molecule has 0 aromatic heterocycles. The van der Waals surface area contributed by atoms with Gasteiger partial charge in [-0.25, -0.2) is 0 Å². The first-order chi connectivity index (χ1) is 11.1. The lowest BCUT2D eigenvalue weighted by Gasteiger charge is -2.34. The van der Waals surface area contributed by atoms with Crippen molar-refractivity contribution in [2.75, 3.05) is 11.4 Å². The molecule has 0 aliphatic carbocycles. The maximum Gasteiger partial charge on any atom is 0.268 e. The van der Waals surface area contributed by atoms with Crippen molar-refractivity contribution >= 4 is 11.6 Å². The highest BCUT2D eigenvalue weighted by Gasteiger charge is 2.34. The number of carbonyl (C=O) groups excluding carboxylic acids is 1. The molecule has 1 amide bonds. The van der Waals surface area contributed by atoms with Crippen LogP contribution in [0.25, 0.3) is 0 Å². The number of nitrogens with zero attached hydrogens (tertiary/aromatic N) is 1. The summed E-state index contributed by atoms with van der Waals surface area (Å²) in [6.45, 7) is 6.11. The topological polar surface area (TPSA) is 49.8 Å². The molecule has 1 heterocycles. The largest absolute Gasteiger partial charge is 0.508 e. The van der Waals surface area contributed by atoms with Crippen LogP contribution in [0.5, 0.6) is 11.5 Å². The molecule has 2 aromatic rings. The van der Waals surface area contributed by atoms with Gasteiger partial charge < -0.3 is 14.7 Å². The molecule has 1 aliphatic heterocycles. The van der Waals surface area contributed by atoms with Crippen molar-refractivity contribution in [3.05, 3.63) is 66.2 Å². The Labute approximate surface area is 135 Å². The molecular formula is C19H19NO3. The van der Waals surface area contributed by atoms with Crippen LogP contribution in [0, 0.1) is 6.92 Å². The number of anilines is 1. The van der Waals surface area contributed by atoms with E-state index in [1.54, 1.807) is 29.2 Å². The van der Waals surface area contributed by atoms with Gasteiger partial charge in [-0.1, -0.05) is 30.3 Å².